The Kier molecular flexibility index (Phi) is 4.99. The lowest BCUT2D eigenvalue weighted by Crippen LogP contribution is -2.43. The second-order valence-corrected chi connectivity index (χ2v) is 5.91. The van der Waals surface area contributed by atoms with Crippen LogP contribution in [0.5, 0.6) is 0 Å². The topological polar surface area (TPSA) is 19.4 Å². The van der Waals surface area contributed by atoms with E-state index in [-0.39, 0.29) is 0 Å². The van der Waals surface area contributed by atoms with Crippen molar-refractivity contribution in [1.82, 2.24) is 14.8 Å². The summed E-state index contributed by atoms with van der Waals surface area (Å²) in [5.74, 6) is 0. The number of hydrogen-bond donors (Lipinski definition) is 0. The first-order chi connectivity index (χ1) is 10.8. The molecular weight excluding hydrogens is 270 g/mol. The molecule has 0 aliphatic carbocycles. The highest BCUT2D eigenvalue weighted by atomic mass is 15.2. The van der Waals surface area contributed by atoms with E-state index in [2.05, 4.69) is 58.2 Å². The molecule has 0 amide bonds. The average Bonchev–Trinajstić information content (AvgIpc) is 2.57. The molecule has 0 atom stereocenters. The smallest absolute Gasteiger partial charge is 0.0629 e. The largest absolute Gasteiger partial charge is 0.304 e. The summed E-state index contributed by atoms with van der Waals surface area (Å²) in [6.07, 6.45) is 5.98. The molecular formula is C19H23N3. The molecule has 1 aromatic carbocycles. The molecule has 0 N–H and O–H groups in total. The van der Waals surface area contributed by atoms with Gasteiger partial charge >= 0.3 is 0 Å². The molecule has 114 valence electrons. The van der Waals surface area contributed by atoms with Crippen LogP contribution in [-0.2, 0) is 6.54 Å². The van der Waals surface area contributed by atoms with E-state index in [4.69, 9.17) is 0 Å². The Morgan fingerprint density at radius 1 is 0.955 bits per heavy atom. The highest BCUT2D eigenvalue weighted by molar-refractivity contribution is 5.67. The Hall–Kier alpha value is -1.97. The van der Waals surface area contributed by atoms with Gasteiger partial charge < -0.3 is 4.90 Å². The first-order valence-corrected chi connectivity index (χ1v) is 7.88. The highest BCUT2D eigenvalue weighted by Crippen LogP contribution is 2.11. The molecule has 3 heteroatoms. The van der Waals surface area contributed by atoms with Crippen molar-refractivity contribution in [3.63, 3.8) is 0 Å². The fourth-order valence-electron chi connectivity index (χ4n) is 2.65. The van der Waals surface area contributed by atoms with Gasteiger partial charge in [-0.05, 0) is 36.4 Å². The Labute approximate surface area is 132 Å². The van der Waals surface area contributed by atoms with E-state index in [0.29, 0.717) is 0 Å². The summed E-state index contributed by atoms with van der Waals surface area (Å²) in [4.78, 5) is 9.21. The molecule has 1 aromatic heterocycles. The van der Waals surface area contributed by atoms with Crippen LogP contribution in [0.3, 0.4) is 0 Å². The van der Waals surface area contributed by atoms with E-state index in [1.165, 1.54) is 24.2 Å². The highest BCUT2D eigenvalue weighted by Gasteiger charge is 2.13. The predicted octanol–water partition coefficient (Wildman–Crippen LogP) is 3.00. The second-order valence-electron chi connectivity index (χ2n) is 5.91. The summed E-state index contributed by atoms with van der Waals surface area (Å²) < 4.78 is 0. The maximum atomic E-state index is 4.30. The van der Waals surface area contributed by atoms with Crippen LogP contribution < -0.4 is 0 Å². The van der Waals surface area contributed by atoms with E-state index < -0.39 is 0 Å². The summed E-state index contributed by atoms with van der Waals surface area (Å²) >= 11 is 0. The Bertz CT molecular complexity index is 596. The summed E-state index contributed by atoms with van der Waals surface area (Å²) in [6.45, 7) is 5.73. The molecule has 0 bridgehead atoms. The lowest BCUT2D eigenvalue weighted by atomic mass is 10.1. The summed E-state index contributed by atoms with van der Waals surface area (Å²) in [7, 11) is 2.19. The van der Waals surface area contributed by atoms with E-state index in [1.807, 2.05) is 24.4 Å². The molecule has 1 fully saturated rings. The lowest BCUT2D eigenvalue weighted by Gasteiger charge is -2.32. The van der Waals surface area contributed by atoms with Gasteiger partial charge in [-0.2, -0.15) is 0 Å². The fraction of sp³-hybridized carbons (Fsp3) is 0.316. The number of aromatic nitrogens is 1. The van der Waals surface area contributed by atoms with Crippen LogP contribution in [0, 0.1) is 0 Å². The number of benzene rings is 1. The number of pyridine rings is 1. The zero-order valence-electron chi connectivity index (χ0n) is 13.2. The Morgan fingerprint density at radius 3 is 2.41 bits per heavy atom. The van der Waals surface area contributed by atoms with Crippen LogP contribution in [-0.4, -0.2) is 48.0 Å². The maximum Gasteiger partial charge on any atom is 0.0629 e. The number of piperazine rings is 1. The molecule has 3 nitrogen and oxygen atoms in total. The van der Waals surface area contributed by atoms with Crippen molar-refractivity contribution in [2.75, 3.05) is 33.2 Å². The summed E-state index contributed by atoms with van der Waals surface area (Å²) in [6, 6.07) is 14.8. The van der Waals surface area contributed by atoms with Gasteiger partial charge in [-0.15, -0.1) is 0 Å². The molecule has 1 saturated heterocycles. The van der Waals surface area contributed by atoms with Crippen molar-refractivity contribution in [3.8, 4) is 0 Å². The van der Waals surface area contributed by atoms with Gasteiger partial charge in [0.1, 0.15) is 0 Å². The maximum absolute atomic E-state index is 4.30. The number of likely N-dealkylation sites (N-methyl/N-ethyl adjacent to an activating group) is 1. The first kappa shape index (κ1) is 14.9. The van der Waals surface area contributed by atoms with Crippen molar-refractivity contribution in [2.45, 2.75) is 6.54 Å². The fourth-order valence-corrected chi connectivity index (χ4v) is 2.65. The standard InChI is InChI=1S/C19H23N3/c1-21-12-14-22(15-13-21)16-18-7-5-17(6-8-18)9-10-19-4-2-3-11-20-19/h2-11H,12-16H2,1H3/b10-9+. The van der Waals surface area contributed by atoms with Crippen LogP contribution >= 0.6 is 0 Å². The van der Waals surface area contributed by atoms with Crippen LogP contribution in [0.25, 0.3) is 12.2 Å². The molecule has 2 heterocycles. The molecule has 0 unspecified atom stereocenters. The third kappa shape index (κ3) is 4.26. The van der Waals surface area contributed by atoms with Crippen molar-refractivity contribution >= 4 is 12.2 Å². The van der Waals surface area contributed by atoms with Gasteiger partial charge in [0, 0.05) is 38.9 Å². The third-order valence-electron chi connectivity index (χ3n) is 4.12. The molecule has 1 aliphatic rings. The van der Waals surface area contributed by atoms with Gasteiger partial charge in [0.05, 0.1) is 5.69 Å². The molecule has 0 saturated carbocycles. The Morgan fingerprint density at radius 2 is 1.73 bits per heavy atom. The molecule has 1 aliphatic heterocycles. The second kappa shape index (κ2) is 7.34. The lowest BCUT2D eigenvalue weighted by molar-refractivity contribution is 0.148. The van der Waals surface area contributed by atoms with Crippen LogP contribution in [0.4, 0.5) is 0 Å². The molecule has 22 heavy (non-hydrogen) atoms. The zero-order chi connectivity index (χ0) is 15.2. The number of nitrogens with zero attached hydrogens (tertiary/aromatic N) is 3. The number of hydrogen-bond acceptors (Lipinski definition) is 3. The van der Waals surface area contributed by atoms with E-state index in [0.717, 1.165) is 25.3 Å². The van der Waals surface area contributed by atoms with E-state index in [9.17, 15) is 0 Å². The minimum atomic E-state index is 0.990. The quantitative estimate of drug-likeness (QED) is 0.864. The van der Waals surface area contributed by atoms with Gasteiger partial charge in [-0.25, -0.2) is 0 Å². The molecule has 2 aromatic rings. The van der Waals surface area contributed by atoms with Gasteiger partial charge in [-0.3, -0.25) is 9.88 Å². The van der Waals surface area contributed by atoms with Crippen molar-refractivity contribution in [1.29, 1.82) is 0 Å². The number of rotatable bonds is 4. The monoisotopic (exact) mass is 293 g/mol. The van der Waals surface area contributed by atoms with Crippen molar-refractivity contribution < 1.29 is 0 Å². The first-order valence-electron chi connectivity index (χ1n) is 7.88. The molecule has 3 rings (SSSR count). The SMILES string of the molecule is CN1CCN(Cc2ccc(/C=C/c3ccccn3)cc2)CC1. The van der Waals surface area contributed by atoms with Crippen LogP contribution in [0.2, 0.25) is 0 Å². The average molecular weight is 293 g/mol. The summed E-state index contributed by atoms with van der Waals surface area (Å²) in [5, 5.41) is 0. The van der Waals surface area contributed by atoms with Crippen molar-refractivity contribution in [3.05, 3.63) is 65.5 Å². The minimum Gasteiger partial charge on any atom is -0.304 e. The molecule has 0 spiro atoms. The third-order valence-corrected chi connectivity index (χ3v) is 4.12. The molecule has 0 radical (unpaired) electrons. The van der Waals surface area contributed by atoms with Crippen LogP contribution in [0.1, 0.15) is 16.8 Å². The van der Waals surface area contributed by atoms with E-state index in [1.54, 1.807) is 0 Å². The van der Waals surface area contributed by atoms with Gasteiger partial charge in [0.2, 0.25) is 0 Å². The Balaban J connectivity index is 1.57. The zero-order valence-corrected chi connectivity index (χ0v) is 13.2. The van der Waals surface area contributed by atoms with Crippen LogP contribution in [0.15, 0.2) is 48.7 Å². The predicted molar refractivity (Wildman–Crippen MR) is 92.4 cm³/mol. The van der Waals surface area contributed by atoms with Gasteiger partial charge in [-0.1, -0.05) is 36.4 Å². The normalized spacial score (nSPS) is 17.1. The van der Waals surface area contributed by atoms with E-state index >= 15 is 0 Å². The van der Waals surface area contributed by atoms with Gasteiger partial charge in [0.15, 0.2) is 0 Å². The van der Waals surface area contributed by atoms with Crippen molar-refractivity contribution in [2.24, 2.45) is 0 Å². The minimum absolute atomic E-state index is 0.990. The van der Waals surface area contributed by atoms with Gasteiger partial charge in [0.25, 0.3) is 0 Å². The summed E-state index contributed by atoms with van der Waals surface area (Å²) in [5.41, 5.74) is 3.59.